The molecule has 5 heteroatoms. The number of carbonyl (C=O) groups is 1. The average Bonchev–Trinajstić information content (AvgIpc) is 2.82. The van der Waals surface area contributed by atoms with E-state index in [9.17, 15) is 4.79 Å². The van der Waals surface area contributed by atoms with Crippen molar-refractivity contribution in [1.29, 1.82) is 0 Å². The number of hydrogen-bond donors (Lipinski definition) is 1. The minimum Gasteiger partial charge on any atom is -0.379 e. The number of hydrogen-bond acceptors (Lipinski definition) is 3. The molecular weight excluding hydrogens is 314 g/mol. The molecule has 2 aliphatic heterocycles. The van der Waals surface area contributed by atoms with Crippen molar-refractivity contribution in [1.82, 2.24) is 14.8 Å². The van der Waals surface area contributed by atoms with Crippen LogP contribution >= 0.6 is 0 Å². The van der Waals surface area contributed by atoms with E-state index in [1.54, 1.807) is 0 Å². The van der Waals surface area contributed by atoms with Crippen LogP contribution in [0.4, 0.5) is 0 Å². The van der Waals surface area contributed by atoms with Gasteiger partial charge in [0.15, 0.2) is 0 Å². The van der Waals surface area contributed by atoms with Crippen LogP contribution in [0.3, 0.4) is 0 Å². The largest absolute Gasteiger partial charge is 0.379 e. The monoisotopic (exact) mass is 341 g/mol. The number of amides is 1. The Bertz CT molecular complexity index is 741. The molecule has 2 saturated heterocycles. The van der Waals surface area contributed by atoms with Crippen molar-refractivity contribution in [3.05, 3.63) is 36.0 Å². The molecule has 4 rings (SSSR count). The Morgan fingerprint density at radius 1 is 1.24 bits per heavy atom. The van der Waals surface area contributed by atoms with Gasteiger partial charge < -0.3 is 14.6 Å². The normalized spacial score (nSPS) is 24.4. The van der Waals surface area contributed by atoms with Crippen molar-refractivity contribution in [3.63, 3.8) is 0 Å². The Kier molecular flexibility index (Phi) is 4.77. The van der Waals surface area contributed by atoms with Gasteiger partial charge in [0.05, 0.1) is 19.3 Å². The molecule has 2 fully saturated rings. The number of ether oxygens (including phenoxy) is 1. The fourth-order valence-corrected chi connectivity index (χ4v) is 4.18. The average molecular weight is 341 g/mol. The van der Waals surface area contributed by atoms with E-state index >= 15 is 0 Å². The van der Waals surface area contributed by atoms with Crippen molar-refractivity contribution >= 4 is 16.8 Å². The first kappa shape index (κ1) is 16.6. The van der Waals surface area contributed by atoms with Gasteiger partial charge in [0.2, 0.25) is 5.91 Å². The Morgan fingerprint density at radius 3 is 3.04 bits per heavy atom. The van der Waals surface area contributed by atoms with E-state index in [2.05, 4.69) is 46.2 Å². The van der Waals surface area contributed by atoms with Crippen LogP contribution in [-0.4, -0.2) is 66.6 Å². The van der Waals surface area contributed by atoms with Gasteiger partial charge in [-0.25, -0.2) is 0 Å². The number of likely N-dealkylation sites (N-methyl/N-ethyl adjacent to an activating group) is 1. The standard InChI is InChI=1S/C20H27N3O2/c1-22-10-15-11-23(12-17(22)14-25-13-15)20(24)8-4-5-16-9-21-19-7-3-2-6-18(16)19/h2-3,6-7,9,15,17,21H,4-5,8,10-14H2,1H3/t15-,17+/m1/s1. The van der Waals surface area contributed by atoms with Crippen molar-refractivity contribution < 1.29 is 9.53 Å². The van der Waals surface area contributed by atoms with Crippen LogP contribution < -0.4 is 0 Å². The maximum absolute atomic E-state index is 12.7. The highest BCUT2D eigenvalue weighted by molar-refractivity contribution is 5.83. The first-order valence-corrected chi connectivity index (χ1v) is 9.31. The molecule has 1 aromatic carbocycles. The van der Waals surface area contributed by atoms with Crippen LogP contribution in [0.15, 0.2) is 30.5 Å². The zero-order valence-electron chi connectivity index (χ0n) is 14.9. The van der Waals surface area contributed by atoms with Gasteiger partial charge >= 0.3 is 0 Å². The number of aryl methyl sites for hydroxylation is 1. The fraction of sp³-hybridized carbons (Fsp3) is 0.550. The topological polar surface area (TPSA) is 48.6 Å². The highest BCUT2D eigenvalue weighted by Crippen LogP contribution is 2.21. The summed E-state index contributed by atoms with van der Waals surface area (Å²) in [6.07, 6.45) is 4.56. The number of nitrogens with one attached hydrogen (secondary N) is 1. The summed E-state index contributed by atoms with van der Waals surface area (Å²) in [6, 6.07) is 8.69. The molecule has 0 aliphatic carbocycles. The number of para-hydroxylation sites is 1. The van der Waals surface area contributed by atoms with Crippen LogP contribution in [0, 0.1) is 5.92 Å². The molecular formula is C20H27N3O2. The number of H-pyrrole nitrogens is 1. The second-order valence-electron chi connectivity index (χ2n) is 7.51. The molecule has 2 atom stereocenters. The van der Waals surface area contributed by atoms with Crippen LogP contribution in [0.5, 0.6) is 0 Å². The summed E-state index contributed by atoms with van der Waals surface area (Å²) in [6.45, 7) is 4.20. The van der Waals surface area contributed by atoms with Crippen molar-refractivity contribution in [2.45, 2.75) is 25.3 Å². The minimum absolute atomic E-state index is 0.298. The van der Waals surface area contributed by atoms with Crippen molar-refractivity contribution in [3.8, 4) is 0 Å². The predicted molar refractivity (Wildman–Crippen MR) is 98.5 cm³/mol. The van der Waals surface area contributed by atoms with Gasteiger partial charge in [-0.3, -0.25) is 9.69 Å². The SMILES string of the molecule is CN1C[C@H]2COC[C@@H]1CN(C(=O)CCCc1c[nH]c3ccccc13)C2. The van der Waals surface area contributed by atoms with Gasteiger partial charge in [-0.15, -0.1) is 0 Å². The van der Waals surface area contributed by atoms with Gasteiger partial charge in [-0.2, -0.15) is 0 Å². The Hall–Kier alpha value is -1.85. The molecule has 3 heterocycles. The van der Waals surface area contributed by atoms with Gasteiger partial charge in [0.25, 0.3) is 0 Å². The lowest BCUT2D eigenvalue weighted by Crippen LogP contribution is -2.44. The number of benzene rings is 1. The quantitative estimate of drug-likeness (QED) is 0.928. The molecule has 2 aliphatic rings. The van der Waals surface area contributed by atoms with Crippen LogP contribution in [0.25, 0.3) is 10.9 Å². The lowest BCUT2D eigenvalue weighted by Gasteiger charge is -2.29. The number of carbonyl (C=O) groups excluding carboxylic acids is 1. The smallest absolute Gasteiger partial charge is 0.222 e. The molecule has 0 radical (unpaired) electrons. The summed E-state index contributed by atoms with van der Waals surface area (Å²) in [4.78, 5) is 20.5. The number of aromatic nitrogens is 1. The summed E-state index contributed by atoms with van der Waals surface area (Å²) < 4.78 is 5.75. The van der Waals surface area contributed by atoms with Gasteiger partial charge in [-0.1, -0.05) is 18.2 Å². The Balaban J connectivity index is 1.34. The predicted octanol–water partition coefficient (Wildman–Crippen LogP) is 2.28. The summed E-state index contributed by atoms with van der Waals surface area (Å²) in [5.41, 5.74) is 2.48. The summed E-state index contributed by atoms with van der Waals surface area (Å²) in [5, 5.41) is 1.28. The molecule has 2 aromatic rings. The van der Waals surface area contributed by atoms with Gasteiger partial charge in [0, 0.05) is 49.1 Å². The van der Waals surface area contributed by atoms with E-state index in [0.717, 1.165) is 45.7 Å². The van der Waals surface area contributed by atoms with Crippen molar-refractivity contribution in [2.75, 3.05) is 39.9 Å². The van der Waals surface area contributed by atoms with Gasteiger partial charge in [-0.05, 0) is 31.5 Å². The fourth-order valence-electron chi connectivity index (χ4n) is 4.18. The Morgan fingerprint density at radius 2 is 2.12 bits per heavy atom. The molecule has 1 amide bonds. The van der Waals surface area contributed by atoms with E-state index in [0.29, 0.717) is 24.3 Å². The molecule has 25 heavy (non-hydrogen) atoms. The number of nitrogens with zero attached hydrogens (tertiary/aromatic N) is 2. The highest BCUT2D eigenvalue weighted by atomic mass is 16.5. The molecule has 2 bridgehead atoms. The van der Waals surface area contributed by atoms with Crippen LogP contribution in [0.1, 0.15) is 18.4 Å². The first-order valence-electron chi connectivity index (χ1n) is 9.31. The van der Waals surface area contributed by atoms with Crippen LogP contribution in [-0.2, 0) is 16.0 Å². The molecule has 0 unspecified atom stereocenters. The first-order chi connectivity index (χ1) is 12.2. The van der Waals surface area contributed by atoms with E-state index in [1.165, 1.54) is 16.5 Å². The zero-order valence-corrected chi connectivity index (χ0v) is 14.9. The number of fused-ring (bicyclic) bond motifs is 4. The van der Waals surface area contributed by atoms with Gasteiger partial charge in [0.1, 0.15) is 0 Å². The molecule has 134 valence electrons. The summed E-state index contributed by atoms with van der Waals surface area (Å²) >= 11 is 0. The third kappa shape index (κ3) is 3.58. The van der Waals surface area contributed by atoms with E-state index in [1.807, 2.05) is 6.07 Å². The minimum atomic E-state index is 0.298. The highest BCUT2D eigenvalue weighted by Gasteiger charge is 2.32. The zero-order chi connectivity index (χ0) is 17.2. The third-order valence-corrected chi connectivity index (χ3v) is 5.61. The lowest BCUT2D eigenvalue weighted by molar-refractivity contribution is -0.133. The summed E-state index contributed by atoms with van der Waals surface area (Å²) in [5.74, 6) is 0.738. The molecule has 5 nitrogen and oxygen atoms in total. The van der Waals surface area contributed by atoms with Crippen LogP contribution in [0.2, 0.25) is 0 Å². The van der Waals surface area contributed by atoms with Crippen molar-refractivity contribution in [2.24, 2.45) is 5.92 Å². The van der Waals surface area contributed by atoms with E-state index in [-0.39, 0.29) is 0 Å². The van der Waals surface area contributed by atoms with E-state index < -0.39 is 0 Å². The maximum atomic E-state index is 12.7. The lowest BCUT2D eigenvalue weighted by atomic mass is 10.1. The summed E-state index contributed by atoms with van der Waals surface area (Å²) in [7, 11) is 2.15. The molecule has 0 saturated carbocycles. The number of rotatable bonds is 4. The molecule has 1 N–H and O–H groups in total. The maximum Gasteiger partial charge on any atom is 0.222 e. The molecule has 0 spiro atoms. The second kappa shape index (κ2) is 7.18. The third-order valence-electron chi connectivity index (χ3n) is 5.61. The van der Waals surface area contributed by atoms with E-state index in [4.69, 9.17) is 4.74 Å². The number of aromatic amines is 1. The molecule has 1 aromatic heterocycles. The second-order valence-corrected chi connectivity index (χ2v) is 7.51. The Labute approximate surface area is 148 Å².